The van der Waals surface area contributed by atoms with E-state index in [4.69, 9.17) is 11.6 Å². The van der Waals surface area contributed by atoms with E-state index in [-0.39, 0.29) is 11.7 Å². The number of anilines is 1. The predicted molar refractivity (Wildman–Crippen MR) is 103 cm³/mol. The van der Waals surface area contributed by atoms with Crippen molar-refractivity contribution < 1.29 is 18.0 Å². The molecule has 0 spiro atoms. The molecule has 1 atom stereocenters. The van der Waals surface area contributed by atoms with Crippen LogP contribution in [-0.4, -0.2) is 44.6 Å². The zero-order valence-electron chi connectivity index (χ0n) is 15.5. The number of carbonyl (C=O) groups excluding carboxylic acids is 1. The summed E-state index contributed by atoms with van der Waals surface area (Å²) in [4.78, 5) is 28.0. The van der Waals surface area contributed by atoms with Crippen molar-refractivity contribution in [2.75, 3.05) is 11.9 Å². The zero-order chi connectivity index (χ0) is 21.2. The van der Waals surface area contributed by atoms with Crippen molar-refractivity contribution in [1.29, 1.82) is 0 Å². The van der Waals surface area contributed by atoms with Crippen LogP contribution in [0.5, 0.6) is 0 Å². The highest BCUT2D eigenvalue weighted by atomic mass is 35.5. The molecule has 0 aliphatic heterocycles. The van der Waals surface area contributed by atoms with Gasteiger partial charge in [-0.05, 0) is 12.0 Å². The first-order valence-electron chi connectivity index (χ1n) is 8.70. The molecule has 3 N–H and O–H groups in total. The largest absolute Gasteiger partial charge is 0.405 e. The topological polar surface area (TPSA) is 95.6 Å². The maximum Gasteiger partial charge on any atom is 0.405 e. The second kappa shape index (κ2) is 8.24. The van der Waals surface area contributed by atoms with Gasteiger partial charge >= 0.3 is 6.18 Å². The first kappa shape index (κ1) is 20.8. The molecule has 0 saturated heterocycles. The van der Waals surface area contributed by atoms with Crippen LogP contribution in [0.3, 0.4) is 0 Å². The number of nitrogens with zero attached hydrogens (tertiary/aromatic N) is 3. The molecule has 3 rings (SSSR count). The monoisotopic (exact) mass is 426 g/mol. The number of carbonyl (C=O) groups is 1. The van der Waals surface area contributed by atoms with E-state index in [9.17, 15) is 18.0 Å². The van der Waals surface area contributed by atoms with Crippen molar-refractivity contribution >= 4 is 34.4 Å². The summed E-state index contributed by atoms with van der Waals surface area (Å²) in [7, 11) is 0. The maximum absolute atomic E-state index is 12.4. The van der Waals surface area contributed by atoms with E-state index < -0.39 is 24.7 Å². The molecule has 3 aromatic rings. The van der Waals surface area contributed by atoms with Crippen molar-refractivity contribution in [2.24, 2.45) is 5.92 Å². The average molecular weight is 427 g/mol. The summed E-state index contributed by atoms with van der Waals surface area (Å²) >= 11 is 6.02. The minimum Gasteiger partial charge on any atom is -0.357 e. The summed E-state index contributed by atoms with van der Waals surface area (Å²) in [5.41, 5.74) is 1.81. The summed E-state index contributed by atoms with van der Waals surface area (Å²) in [6, 6.07) is 0.819. The number of aromatic nitrogens is 4. The number of nitrogens with one attached hydrogen (secondary N) is 3. The van der Waals surface area contributed by atoms with Crippen molar-refractivity contribution in [2.45, 2.75) is 26.1 Å². The fraction of sp³-hybridized carbons (Fsp3) is 0.333. The van der Waals surface area contributed by atoms with E-state index in [0.29, 0.717) is 21.9 Å². The van der Waals surface area contributed by atoms with Crippen LogP contribution in [0.2, 0.25) is 5.02 Å². The van der Waals surface area contributed by atoms with Gasteiger partial charge in [0.05, 0.1) is 23.1 Å². The third-order valence-corrected chi connectivity index (χ3v) is 4.33. The van der Waals surface area contributed by atoms with Gasteiger partial charge in [-0.15, -0.1) is 0 Å². The van der Waals surface area contributed by atoms with Gasteiger partial charge in [0, 0.05) is 23.3 Å². The van der Waals surface area contributed by atoms with Gasteiger partial charge in [0.2, 0.25) is 5.91 Å². The van der Waals surface area contributed by atoms with Crippen LogP contribution in [-0.2, 0) is 4.79 Å². The Morgan fingerprint density at radius 1 is 1.28 bits per heavy atom. The number of pyridine rings is 1. The Morgan fingerprint density at radius 2 is 2.03 bits per heavy atom. The summed E-state index contributed by atoms with van der Waals surface area (Å²) in [6.45, 7) is 2.04. The molecule has 29 heavy (non-hydrogen) atoms. The van der Waals surface area contributed by atoms with Crippen molar-refractivity contribution in [3.63, 3.8) is 0 Å². The first-order valence-corrected chi connectivity index (χ1v) is 9.08. The molecule has 0 aliphatic carbocycles. The third kappa shape index (κ3) is 5.14. The number of rotatable bonds is 6. The van der Waals surface area contributed by atoms with E-state index in [1.807, 2.05) is 5.32 Å². The zero-order valence-corrected chi connectivity index (χ0v) is 16.3. The molecule has 0 aromatic carbocycles. The lowest BCUT2D eigenvalue weighted by Crippen LogP contribution is -2.46. The Labute approximate surface area is 169 Å². The molecular weight excluding hydrogens is 409 g/mol. The fourth-order valence-corrected chi connectivity index (χ4v) is 2.90. The molecule has 154 valence electrons. The van der Waals surface area contributed by atoms with E-state index in [1.54, 1.807) is 26.1 Å². The summed E-state index contributed by atoms with van der Waals surface area (Å²) in [5, 5.41) is 5.97. The SMILES string of the molecule is CC(C)[C@@H](Nc1cncc(-c2c[nH]c3ncc(Cl)cc23)n1)C(=O)NCC(F)(F)F. The van der Waals surface area contributed by atoms with Gasteiger partial charge in [0.1, 0.15) is 24.1 Å². The molecule has 1 amide bonds. The van der Waals surface area contributed by atoms with Gasteiger partial charge in [-0.1, -0.05) is 25.4 Å². The number of alkyl halides is 3. The smallest absolute Gasteiger partial charge is 0.357 e. The van der Waals surface area contributed by atoms with Gasteiger partial charge in [0.25, 0.3) is 0 Å². The fourth-order valence-electron chi connectivity index (χ4n) is 2.75. The molecule has 3 heterocycles. The van der Waals surface area contributed by atoms with E-state index >= 15 is 0 Å². The molecule has 7 nitrogen and oxygen atoms in total. The Balaban J connectivity index is 1.84. The maximum atomic E-state index is 12.4. The van der Waals surface area contributed by atoms with E-state index in [0.717, 1.165) is 5.39 Å². The predicted octanol–water partition coefficient (Wildman–Crippen LogP) is 3.79. The van der Waals surface area contributed by atoms with Crippen LogP contribution >= 0.6 is 11.6 Å². The van der Waals surface area contributed by atoms with Crippen LogP contribution in [0.25, 0.3) is 22.3 Å². The Bertz CT molecular complexity index is 1020. The number of fused-ring (bicyclic) bond motifs is 1. The van der Waals surface area contributed by atoms with Crippen LogP contribution in [0.15, 0.2) is 30.9 Å². The van der Waals surface area contributed by atoms with E-state index in [2.05, 4.69) is 25.3 Å². The molecule has 11 heteroatoms. The van der Waals surface area contributed by atoms with Gasteiger partial charge in [-0.25, -0.2) is 9.97 Å². The summed E-state index contributed by atoms with van der Waals surface area (Å²) in [5.74, 6) is -0.801. The Kier molecular flexibility index (Phi) is 5.92. The number of aromatic amines is 1. The summed E-state index contributed by atoms with van der Waals surface area (Å²) < 4.78 is 37.2. The minimum atomic E-state index is -4.48. The second-order valence-electron chi connectivity index (χ2n) is 6.74. The minimum absolute atomic E-state index is 0.257. The standard InChI is InChI=1S/C18H18ClF3N6O/c1-9(2)15(17(29)26-8-18(20,21)22)28-14-7-23-6-13(27-14)12-5-25-16-11(12)3-10(19)4-24-16/h3-7,9,15H,8H2,1-2H3,(H,24,25)(H,26,29)(H,27,28)/t15-/m1/s1. The molecule has 0 bridgehead atoms. The number of halogens is 4. The van der Waals surface area contributed by atoms with Gasteiger partial charge < -0.3 is 15.6 Å². The average Bonchev–Trinajstić information content (AvgIpc) is 3.06. The van der Waals surface area contributed by atoms with Gasteiger partial charge in [0.15, 0.2) is 0 Å². The lowest BCUT2D eigenvalue weighted by molar-refractivity contribution is -0.139. The quantitative estimate of drug-likeness (QED) is 0.557. The third-order valence-electron chi connectivity index (χ3n) is 4.12. The number of H-pyrrole nitrogens is 1. The highest BCUT2D eigenvalue weighted by Crippen LogP contribution is 2.28. The number of amides is 1. The molecule has 3 aromatic heterocycles. The summed E-state index contributed by atoms with van der Waals surface area (Å²) in [6.07, 6.45) is 1.67. The Hall–Kier alpha value is -2.88. The molecule has 0 unspecified atom stereocenters. The van der Waals surface area contributed by atoms with Crippen molar-refractivity contribution in [3.8, 4) is 11.3 Å². The van der Waals surface area contributed by atoms with Crippen LogP contribution in [0.4, 0.5) is 19.0 Å². The van der Waals surface area contributed by atoms with E-state index in [1.165, 1.54) is 18.6 Å². The van der Waals surface area contributed by atoms with Crippen LogP contribution < -0.4 is 10.6 Å². The lowest BCUT2D eigenvalue weighted by atomic mass is 10.0. The van der Waals surface area contributed by atoms with Crippen molar-refractivity contribution in [3.05, 3.63) is 35.9 Å². The lowest BCUT2D eigenvalue weighted by Gasteiger charge is -2.22. The van der Waals surface area contributed by atoms with Crippen LogP contribution in [0.1, 0.15) is 13.8 Å². The normalized spacial score (nSPS) is 12.9. The van der Waals surface area contributed by atoms with Crippen LogP contribution in [0, 0.1) is 5.92 Å². The molecular formula is C18H18ClF3N6O. The molecule has 0 fully saturated rings. The highest BCUT2D eigenvalue weighted by molar-refractivity contribution is 6.31. The second-order valence-corrected chi connectivity index (χ2v) is 7.18. The molecule has 0 saturated carbocycles. The highest BCUT2D eigenvalue weighted by Gasteiger charge is 2.30. The molecule has 0 radical (unpaired) electrons. The number of hydrogen-bond acceptors (Lipinski definition) is 5. The number of hydrogen-bond donors (Lipinski definition) is 3. The molecule has 0 aliphatic rings. The van der Waals surface area contributed by atoms with Gasteiger partial charge in [-0.3, -0.25) is 9.78 Å². The van der Waals surface area contributed by atoms with Crippen molar-refractivity contribution in [1.82, 2.24) is 25.3 Å². The van der Waals surface area contributed by atoms with Gasteiger partial charge in [-0.2, -0.15) is 13.2 Å². The Morgan fingerprint density at radius 3 is 2.72 bits per heavy atom. The first-order chi connectivity index (χ1) is 13.6.